The minimum Gasteiger partial charge on any atom is -0.372 e. The van der Waals surface area contributed by atoms with E-state index in [1.165, 1.54) is 0 Å². The van der Waals surface area contributed by atoms with Gasteiger partial charge in [-0.2, -0.15) is 0 Å². The first-order chi connectivity index (χ1) is 7.39. The number of thiazole rings is 1. The van der Waals surface area contributed by atoms with Gasteiger partial charge in [0.2, 0.25) is 0 Å². The van der Waals surface area contributed by atoms with E-state index in [0.29, 0.717) is 0 Å². The first kappa shape index (κ1) is 13.6. The fourth-order valence-electron chi connectivity index (χ4n) is 1.48. The number of nitrogens with two attached hydrogens (primary N) is 1. The fourth-order valence-corrected chi connectivity index (χ4v) is 2.51. The number of aromatic nitrogens is 1. The van der Waals surface area contributed by atoms with Gasteiger partial charge in [-0.3, -0.25) is 0 Å². The Morgan fingerprint density at radius 3 is 2.38 bits per heavy atom. The molecule has 92 valence electrons. The predicted molar refractivity (Wildman–Crippen MR) is 68.6 cm³/mol. The molecule has 0 saturated carbocycles. The van der Waals surface area contributed by atoms with Gasteiger partial charge in [0.15, 0.2) is 0 Å². The summed E-state index contributed by atoms with van der Waals surface area (Å²) in [6.07, 6.45) is 1.81. The number of ether oxygens (including phenoxy) is 1. The van der Waals surface area contributed by atoms with Gasteiger partial charge in [0.25, 0.3) is 0 Å². The zero-order valence-corrected chi connectivity index (χ0v) is 11.6. The standard InChI is InChI=1S/C12H22N2OS/c1-6-12(13,7-2)9-8-16-10(14-9)11(3,4)15-5/h8H,6-7,13H2,1-5H3. The van der Waals surface area contributed by atoms with Gasteiger partial charge in [-0.05, 0) is 26.7 Å². The van der Waals surface area contributed by atoms with Crippen LogP contribution in [0.4, 0.5) is 0 Å². The molecule has 2 N–H and O–H groups in total. The summed E-state index contributed by atoms with van der Waals surface area (Å²) in [6, 6.07) is 0. The molecule has 1 rings (SSSR count). The van der Waals surface area contributed by atoms with Crippen LogP contribution in [0.2, 0.25) is 0 Å². The summed E-state index contributed by atoms with van der Waals surface area (Å²) in [5.41, 5.74) is 6.69. The Morgan fingerprint density at radius 1 is 1.38 bits per heavy atom. The lowest BCUT2D eigenvalue weighted by Gasteiger charge is -2.25. The van der Waals surface area contributed by atoms with E-state index in [4.69, 9.17) is 10.5 Å². The van der Waals surface area contributed by atoms with Crippen molar-refractivity contribution in [2.24, 2.45) is 5.73 Å². The van der Waals surface area contributed by atoms with Crippen LogP contribution in [0.25, 0.3) is 0 Å². The lowest BCUT2D eigenvalue weighted by atomic mass is 9.91. The van der Waals surface area contributed by atoms with Crippen LogP contribution in [0, 0.1) is 0 Å². The summed E-state index contributed by atoms with van der Waals surface area (Å²) >= 11 is 1.62. The van der Waals surface area contributed by atoms with Crippen molar-refractivity contribution in [3.63, 3.8) is 0 Å². The average molecular weight is 242 g/mol. The van der Waals surface area contributed by atoms with Crippen molar-refractivity contribution < 1.29 is 4.74 Å². The Morgan fingerprint density at radius 2 is 1.94 bits per heavy atom. The highest BCUT2D eigenvalue weighted by atomic mass is 32.1. The molecule has 0 bridgehead atoms. The Bertz CT molecular complexity index is 343. The quantitative estimate of drug-likeness (QED) is 0.863. The van der Waals surface area contributed by atoms with E-state index in [2.05, 4.69) is 24.2 Å². The van der Waals surface area contributed by atoms with Gasteiger partial charge >= 0.3 is 0 Å². The number of hydrogen-bond acceptors (Lipinski definition) is 4. The zero-order chi connectivity index (χ0) is 12.4. The molecular weight excluding hydrogens is 220 g/mol. The van der Waals surface area contributed by atoms with E-state index < -0.39 is 0 Å². The van der Waals surface area contributed by atoms with E-state index in [1.54, 1.807) is 18.4 Å². The molecule has 0 aliphatic rings. The van der Waals surface area contributed by atoms with E-state index in [1.807, 2.05) is 13.8 Å². The molecule has 0 fully saturated rings. The monoisotopic (exact) mass is 242 g/mol. The van der Waals surface area contributed by atoms with Crippen LogP contribution in [0.1, 0.15) is 51.2 Å². The van der Waals surface area contributed by atoms with Crippen LogP contribution < -0.4 is 5.73 Å². The number of methoxy groups -OCH3 is 1. The van der Waals surface area contributed by atoms with Gasteiger partial charge in [-0.1, -0.05) is 13.8 Å². The van der Waals surface area contributed by atoms with E-state index >= 15 is 0 Å². The second-order valence-corrected chi connectivity index (χ2v) is 5.47. The molecule has 0 aliphatic carbocycles. The second-order valence-electron chi connectivity index (χ2n) is 4.62. The molecular formula is C12H22N2OS. The first-order valence-electron chi connectivity index (χ1n) is 5.70. The highest BCUT2D eigenvalue weighted by molar-refractivity contribution is 7.09. The van der Waals surface area contributed by atoms with Gasteiger partial charge in [0.1, 0.15) is 10.6 Å². The van der Waals surface area contributed by atoms with Crippen molar-refractivity contribution in [2.75, 3.05) is 7.11 Å². The summed E-state index contributed by atoms with van der Waals surface area (Å²) in [6.45, 7) is 8.24. The number of rotatable bonds is 5. The minimum absolute atomic E-state index is 0.293. The average Bonchev–Trinajstić information content (AvgIpc) is 2.78. The third-order valence-corrected chi connectivity index (χ3v) is 4.45. The Labute approximate surface area is 102 Å². The third-order valence-electron chi connectivity index (χ3n) is 3.30. The molecule has 0 aromatic carbocycles. The second kappa shape index (κ2) is 4.82. The molecule has 3 nitrogen and oxygen atoms in total. The lowest BCUT2D eigenvalue weighted by molar-refractivity contribution is 0.0188. The Balaban J connectivity index is 3.03. The van der Waals surface area contributed by atoms with Gasteiger partial charge in [0.05, 0.1) is 11.2 Å². The van der Waals surface area contributed by atoms with Crippen molar-refractivity contribution in [1.29, 1.82) is 0 Å². The molecule has 4 heteroatoms. The summed E-state index contributed by atoms with van der Waals surface area (Å²) in [4.78, 5) is 4.64. The maximum atomic E-state index is 6.32. The van der Waals surface area contributed by atoms with Gasteiger partial charge in [-0.15, -0.1) is 11.3 Å². The van der Waals surface area contributed by atoms with Crippen molar-refractivity contribution in [3.05, 3.63) is 16.1 Å². The molecule has 0 unspecified atom stereocenters. The molecule has 0 atom stereocenters. The van der Waals surface area contributed by atoms with E-state index in [-0.39, 0.29) is 11.1 Å². The first-order valence-corrected chi connectivity index (χ1v) is 6.58. The molecule has 0 aliphatic heterocycles. The fraction of sp³-hybridized carbons (Fsp3) is 0.750. The topological polar surface area (TPSA) is 48.1 Å². The molecule has 16 heavy (non-hydrogen) atoms. The summed E-state index contributed by atoms with van der Waals surface area (Å²) in [5, 5.41) is 3.05. The van der Waals surface area contributed by atoms with Gasteiger partial charge in [0, 0.05) is 12.5 Å². The van der Waals surface area contributed by atoms with E-state index in [9.17, 15) is 0 Å². The highest BCUT2D eigenvalue weighted by Gasteiger charge is 2.30. The van der Waals surface area contributed by atoms with Gasteiger partial charge in [-0.25, -0.2) is 4.98 Å². The minimum atomic E-state index is -0.328. The molecule has 1 aromatic rings. The highest BCUT2D eigenvalue weighted by Crippen LogP contribution is 2.32. The van der Waals surface area contributed by atoms with Crippen molar-refractivity contribution in [3.8, 4) is 0 Å². The molecule has 1 aromatic heterocycles. The summed E-state index contributed by atoms with van der Waals surface area (Å²) < 4.78 is 5.42. The molecule has 0 saturated heterocycles. The van der Waals surface area contributed by atoms with E-state index in [0.717, 1.165) is 23.5 Å². The van der Waals surface area contributed by atoms with Crippen molar-refractivity contribution in [2.45, 2.75) is 51.7 Å². The van der Waals surface area contributed by atoms with Crippen LogP contribution in [0.3, 0.4) is 0 Å². The normalized spacial score (nSPS) is 13.1. The zero-order valence-electron chi connectivity index (χ0n) is 10.8. The summed E-state index contributed by atoms with van der Waals surface area (Å²) in [7, 11) is 1.70. The Hall–Kier alpha value is -0.450. The number of nitrogens with zero attached hydrogens (tertiary/aromatic N) is 1. The SMILES string of the molecule is CCC(N)(CC)c1csc(C(C)(C)OC)n1. The van der Waals surface area contributed by atoms with Gasteiger partial charge < -0.3 is 10.5 Å². The largest absolute Gasteiger partial charge is 0.372 e. The maximum absolute atomic E-state index is 6.32. The maximum Gasteiger partial charge on any atom is 0.124 e. The molecule has 1 heterocycles. The van der Waals surface area contributed by atoms with Crippen LogP contribution in [-0.2, 0) is 15.9 Å². The Kier molecular flexibility index (Phi) is 4.10. The van der Waals surface area contributed by atoms with Crippen LogP contribution >= 0.6 is 11.3 Å². The third kappa shape index (κ3) is 2.44. The van der Waals surface area contributed by atoms with Crippen LogP contribution in [0.5, 0.6) is 0 Å². The van der Waals surface area contributed by atoms with Crippen LogP contribution in [-0.4, -0.2) is 12.1 Å². The molecule has 0 radical (unpaired) electrons. The van der Waals surface area contributed by atoms with Crippen molar-refractivity contribution in [1.82, 2.24) is 4.98 Å². The summed E-state index contributed by atoms with van der Waals surface area (Å²) in [5.74, 6) is 0. The lowest BCUT2D eigenvalue weighted by Crippen LogP contribution is -2.35. The smallest absolute Gasteiger partial charge is 0.124 e. The van der Waals surface area contributed by atoms with Crippen molar-refractivity contribution >= 4 is 11.3 Å². The predicted octanol–water partition coefficient (Wildman–Crippen LogP) is 3.00. The molecule has 0 amide bonds. The van der Waals surface area contributed by atoms with Crippen LogP contribution in [0.15, 0.2) is 5.38 Å². The number of hydrogen-bond donors (Lipinski definition) is 1. The molecule has 0 spiro atoms.